The van der Waals surface area contributed by atoms with Crippen LogP contribution in [-0.2, 0) is 20.5 Å². The number of likely N-dealkylation sites (tertiary alicyclic amines) is 1. The van der Waals surface area contributed by atoms with E-state index in [0.29, 0.717) is 30.6 Å². The molecule has 34 heavy (non-hydrogen) atoms. The van der Waals surface area contributed by atoms with Crippen molar-refractivity contribution >= 4 is 17.8 Å². The number of alkyl halides is 3. The van der Waals surface area contributed by atoms with Crippen LogP contribution in [-0.4, -0.2) is 70.7 Å². The van der Waals surface area contributed by atoms with Gasteiger partial charge in [0.2, 0.25) is 5.91 Å². The van der Waals surface area contributed by atoms with Gasteiger partial charge in [0.25, 0.3) is 5.91 Å². The highest BCUT2D eigenvalue weighted by Crippen LogP contribution is 2.34. The Kier molecular flexibility index (Phi) is 7.63. The molecule has 0 bridgehead atoms. The molecule has 1 aliphatic rings. The summed E-state index contributed by atoms with van der Waals surface area (Å²) >= 11 is 0. The van der Waals surface area contributed by atoms with Gasteiger partial charge in [-0.3, -0.25) is 14.4 Å². The van der Waals surface area contributed by atoms with E-state index in [2.05, 4.69) is 5.10 Å². The van der Waals surface area contributed by atoms with E-state index in [1.807, 2.05) is 0 Å². The zero-order chi connectivity index (χ0) is 25.0. The monoisotopic (exact) mass is 480 g/mol. The van der Waals surface area contributed by atoms with Crippen molar-refractivity contribution in [3.63, 3.8) is 0 Å². The number of rotatable bonds is 6. The molecule has 0 N–H and O–H groups in total. The van der Waals surface area contributed by atoms with Crippen molar-refractivity contribution in [3.05, 3.63) is 47.3 Å². The van der Waals surface area contributed by atoms with Gasteiger partial charge in [0.15, 0.2) is 5.69 Å². The van der Waals surface area contributed by atoms with Crippen molar-refractivity contribution in [1.82, 2.24) is 19.6 Å². The van der Waals surface area contributed by atoms with Crippen molar-refractivity contribution in [2.75, 3.05) is 33.3 Å². The Morgan fingerprint density at radius 3 is 2.32 bits per heavy atom. The Bertz CT molecular complexity index is 1040. The number of hydrogen-bond acceptors (Lipinski definition) is 5. The average Bonchev–Trinajstić information content (AvgIpc) is 3.25. The first kappa shape index (κ1) is 25.3. The summed E-state index contributed by atoms with van der Waals surface area (Å²) < 4.78 is 47.4. The number of amides is 2. The summed E-state index contributed by atoms with van der Waals surface area (Å²) in [6.07, 6.45) is -3.10. The summed E-state index contributed by atoms with van der Waals surface area (Å²) in [5.41, 5.74) is -0.800. The number of likely N-dealkylation sites (N-methyl/N-ethyl adjacent to an activating group) is 1. The SMILES string of the molecule is CCOC(=O)C1CCN(C(=O)CN(C)C(=O)c2cnn(-c3ccc(C)cc3)c2C(F)(F)F)CC1. The standard InChI is InChI=1S/C23H27F3N4O4/c1-4-34-22(33)16-9-11-29(12-10-16)19(31)14-28(3)21(32)18-13-27-30(20(18)23(24,25)26)17-7-5-15(2)6-8-17/h5-8,13,16H,4,9-12,14H2,1-3H3. The molecule has 2 heterocycles. The van der Waals surface area contributed by atoms with Gasteiger partial charge < -0.3 is 14.5 Å². The van der Waals surface area contributed by atoms with Crippen LogP contribution in [0.2, 0.25) is 0 Å². The van der Waals surface area contributed by atoms with Crippen molar-refractivity contribution in [1.29, 1.82) is 0 Å². The van der Waals surface area contributed by atoms with Crippen LogP contribution in [0, 0.1) is 12.8 Å². The van der Waals surface area contributed by atoms with Gasteiger partial charge in [-0.05, 0) is 38.8 Å². The van der Waals surface area contributed by atoms with Gasteiger partial charge in [0.05, 0.1) is 36.5 Å². The molecule has 0 aliphatic carbocycles. The summed E-state index contributed by atoms with van der Waals surface area (Å²) in [6, 6.07) is 6.26. The number of aromatic nitrogens is 2. The second-order valence-electron chi connectivity index (χ2n) is 8.22. The fourth-order valence-corrected chi connectivity index (χ4v) is 3.86. The molecule has 0 unspecified atom stereocenters. The van der Waals surface area contributed by atoms with Crippen LogP contribution in [0.5, 0.6) is 0 Å². The minimum Gasteiger partial charge on any atom is -0.466 e. The number of benzene rings is 1. The Hall–Kier alpha value is -3.37. The average molecular weight is 480 g/mol. The van der Waals surface area contributed by atoms with Gasteiger partial charge in [-0.15, -0.1) is 0 Å². The van der Waals surface area contributed by atoms with Crippen molar-refractivity contribution in [2.45, 2.75) is 32.9 Å². The van der Waals surface area contributed by atoms with Gasteiger partial charge in [-0.25, -0.2) is 4.68 Å². The third-order valence-electron chi connectivity index (χ3n) is 5.73. The second kappa shape index (κ2) is 10.3. The van der Waals surface area contributed by atoms with Gasteiger partial charge in [-0.1, -0.05) is 17.7 Å². The molecule has 1 fully saturated rings. The van der Waals surface area contributed by atoms with Crippen LogP contribution in [0.3, 0.4) is 0 Å². The van der Waals surface area contributed by atoms with Gasteiger partial charge in [0, 0.05) is 20.1 Å². The summed E-state index contributed by atoms with van der Waals surface area (Å²) in [7, 11) is 1.27. The van der Waals surface area contributed by atoms with Crippen molar-refractivity contribution in [3.8, 4) is 5.69 Å². The third kappa shape index (κ3) is 5.57. The highest BCUT2D eigenvalue weighted by molar-refractivity contribution is 5.97. The summed E-state index contributed by atoms with van der Waals surface area (Å²) in [6.45, 7) is 4.03. The molecule has 0 radical (unpaired) electrons. The molecule has 0 atom stereocenters. The van der Waals surface area contributed by atoms with Crippen LogP contribution in [0.25, 0.3) is 5.69 Å². The molecule has 0 saturated carbocycles. The van der Waals surface area contributed by atoms with Crippen molar-refractivity contribution in [2.24, 2.45) is 5.92 Å². The normalized spacial score (nSPS) is 14.7. The van der Waals surface area contributed by atoms with E-state index >= 15 is 0 Å². The maximum absolute atomic E-state index is 13.9. The number of piperidine rings is 1. The Balaban J connectivity index is 1.71. The maximum Gasteiger partial charge on any atom is 0.434 e. The zero-order valence-electron chi connectivity index (χ0n) is 19.3. The Morgan fingerprint density at radius 2 is 1.76 bits per heavy atom. The predicted molar refractivity (Wildman–Crippen MR) is 116 cm³/mol. The Labute approximate surface area is 195 Å². The van der Waals surface area contributed by atoms with Crippen LogP contribution >= 0.6 is 0 Å². The lowest BCUT2D eigenvalue weighted by atomic mass is 9.97. The molecule has 2 aromatic rings. The van der Waals surface area contributed by atoms with E-state index in [-0.39, 0.29) is 24.2 Å². The highest BCUT2D eigenvalue weighted by Gasteiger charge is 2.41. The number of halogens is 3. The quantitative estimate of drug-likeness (QED) is 0.594. The molecule has 184 valence electrons. The van der Waals surface area contributed by atoms with E-state index in [1.54, 1.807) is 26.0 Å². The van der Waals surface area contributed by atoms with E-state index in [4.69, 9.17) is 4.74 Å². The maximum atomic E-state index is 13.9. The van der Waals surface area contributed by atoms with Gasteiger partial charge in [-0.2, -0.15) is 18.3 Å². The Morgan fingerprint density at radius 1 is 1.15 bits per heavy atom. The first-order valence-electron chi connectivity index (χ1n) is 10.9. The fourth-order valence-electron chi connectivity index (χ4n) is 3.86. The van der Waals surface area contributed by atoms with Crippen LogP contribution in [0.15, 0.2) is 30.5 Å². The number of nitrogens with zero attached hydrogens (tertiary/aromatic N) is 4. The van der Waals surface area contributed by atoms with E-state index in [1.165, 1.54) is 24.1 Å². The number of carbonyl (C=O) groups excluding carboxylic acids is 3. The second-order valence-corrected chi connectivity index (χ2v) is 8.22. The molecule has 11 heteroatoms. The van der Waals surface area contributed by atoms with Crippen molar-refractivity contribution < 1.29 is 32.3 Å². The van der Waals surface area contributed by atoms with Crippen LogP contribution < -0.4 is 0 Å². The topological polar surface area (TPSA) is 84.7 Å². The van der Waals surface area contributed by atoms with E-state index < -0.39 is 35.8 Å². The lowest BCUT2D eigenvalue weighted by molar-refractivity contribution is -0.151. The molecule has 1 aromatic carbocycles. The molecule has 1 aromatic heterocycles. The molecule has 1 saturated heterocycles. The minimum atomic E-state index is -4.84. The zero-order valence-corrected chi connectivity index (χ0v) is 19.3. The van der Waals surface area contributed by atoms with E-state index in [0.717, 1.165) is 16.7 Å². The number of esters is 1. The van der Waals surface area contributed by atoms with Gasteiger partial charge in [0.1, 0.15) is 0 Å². The van der Waals surface area contributed by atoms with E-state index in [9.17, 15) is 27.6 Å². The smallest absolute Gasteiger partial charge is 0.434 e. The minimum absolute atomic E-state index is 0.167. The van der Waals surface area contributed by atoms with Crippen LogP contribution in [0.1, 0.15) is 41.4 Å². The number of ether oxygens (including phenoxy) is 1. The summed E-state index contributed by atoms with van der Waals surface area (Å²) in [4.78, 5) is 39.8. The fraction of sp³-hybridized carbons (Fsp3) is 0.478. The van der Waals surface area contributed by atoms with Gasteiger partial charge >= 0.3 is 12.1 Å². The summed E-state index contributed by atoms with van der Waals surface area (Å²) in [5, 5.41) is 3.80. The third-order valence-corrected chi connectivity index (χ3v) is 5.73. The first-order chi connectivity index (χ1) is 16.0. The first-order valence-corrected chi connectivity index (χ1v) is 10.9. The predicted octanol–water partition coefficient (Wildman–Crippen LogP) is 3.07. The molecule has 0 spiro atoms. The molecule has 2 amide bonds. The molecule has 3 rings (SSSR count). The number of hydrogen-bond donors (Lipinski definition) is 0. The molecular formula is C23H27F3N4O4. The summed E-state index contributed by atoms with van der Waals surface area (Å²) in [5.74, 6) is -1.95. The largest absolute Gasteiger partial charge is 0.466 e. The molecule has 1 aliphatic heterocycles. The lowest BCUT2D eigenvalue weighted by Gasteiger charge is -2.32. The lowest BCUT2D eigenvalue weighted by Crippen LogP contribution is -2.45. The number of aryl methyl sites for hydroxylation is 1. The highest BCUT2D eigenvalue weighted by atomic mass is 19.4. The molecule has 8 nitrogen and oxygen atoms in total. The molecular weight excluding hydrogens is 453 g/mol. The van der Waals surface area contributed by atoms with Crippen LogP contribution in [0.4, 0.5) is 13.2 Å². The number of carbonyl (C=O) groups is 3.